The summed E-state index contributed by atoms with van der Waals surface area (Å²) in [4.78, 5) is 0. The van der Waals surface area contributed by atoms with E-state index in [9.17, 15) is 8.42 Å². The van der Waals surface area contributed by atoms with Crippen LogP contribution in [0.15, 0.2) is 0 Å². The molecule has 1 saturated heterocycles. The fourth-order valence-electron chi connectivity index (χ4n) is 2.40. The Labute approximate surface area is 124 Å². The highest BCUT2D eigenvalue weighted by Crippen LogP contribution is 2.21. The maximum absolute atomic E-state index is 10.5. The molecule has 1 aliphatic carbocycles. The summed E-state index contributed by atoms with van der Waals surface area (Å²) in [7, 11) is -4.40. The first kappa shape index (κ1) is 18.1. The zero-order valence-electron chi connectivity index (χ0n) is 12.5. The average Bonchev–Trinajstić information content (AvgIpc) is 2.81. The summed E-state index contributed by atoms with van der Waals surface area (Å²) in [6.07, 6.45) is 11.6. The Hall–Kier alpha value is 0.0500. The molecule has 1 unspecified atom stereocenters. The Kier molecular flexibility index (Phi) is 7.14. The van der Waals surface area contributed by atoms with Crippen molar-refractivity contribution in [3.63, 3.8) is 0 Å². The van der Waals surface area contributed by atoms with Crippen LogP contribution in [0.1, 0.15) is 44.9 Å². The van der Waals surface area contributed by atoms with Crippen molar-refractivity contribution < 1.29 is 17.3 Å². The van der Waals surface area contributed by atoms with Gasteiger partial charge in [-0.3, -0.25) is 4.18 Å². The Bertz CT molecular complexity index is 418. The molecule has 1 saturated carbocycles. The van der Waals surface area contributed by atoms with Gasteiger partial charge in [0, 0.05) is 12.3 Å². The van der Waals surface area contributed by atoms with E-state index < -0.39 is 19.9 Å². The third-order valence-electron chi connectivity index (χ3n) is 3.42. The maximum atomic E-state index is 10.5. The Balaban J connectivity index is 0.000000204. The molecule has 2 rings (SSSR count). The Morgan fingerprint density at radius 2 is 1.75 bits per heavy atom. The summed E-state index contributed by atoms with van der Waals surface area (Å²) in [6, 6.07) is 0. The van der Waals surface area contributed by atoms with Gasteiger partial charge < -0.3 is 4.74 Å². The first-order chi connectivity index (χ1) is 9.18. The molecule has 2 fully saturated rings. The minimum Gasteiger partial charge on any atom is -0.337 e. The molecule has 20 heavy (non-hydrogen) atoms. The molecular formula is C13H28NO4S2+. The molecule has 0 spiro atoms. The van der Waals surface area contributed by atoms with E-state index in [0.717, 1.165) is 32.3 Å². The summed E-state index contributed by atoms with van der Waals surface area (Å²) in [5, 5.41) is 4.72. The molecule has 1 atom stereocenters. The highest BCUT2D eigenvalue weighted by molar-refractivity contribution is 8.10. The lowest BCUT2D eigenvalue weighted by molar-refractivity contribution is 0.162. The van der Waals surface area contributed by atoms with E-state index in [2.05, 4.69) is 22.6 Å². The first-order valence-corrected chi connectivity index (χ1v) is 11.2. The summed E-state index contributed by atoms with van der Waals surface area (Å²) in [6.45, 7) is 0.955. The van der Waals surface area contributed by atoms with Crippen molar-refractivity contribution in [1.82, 2.24) is 0 Å². The molecule has 0 aromatic carbocycles. The van der Waals surface area contributed by atoms with Gasteiger partial charge in [0.05, 0.1) is 25.2 Å². The van der Waals surface area contributed by atoms with Crippen LogP contribution in [0.4, 0.5) is 0 Å². The Morgan fingerprint density at radius 3 is 2.10 bits per heavy atom. The number of rotatable bonds is 3. The van der Waals surface area contributed by atoms with Crippen LogP contribution in [-0.2, 0) is 28.8 Å². The van der Waals surface area contributed by atoms with E-state index in [4.69, 9.17) is 9.88 Å². The van der Waals surface area contributed by atoms with E-state index in [1.807, 2.05) is 0 Å². The predicted octanol–water partition coefficient (Wildman–Crippen LogP) is 1.51. The smallest absolute Gasteiger partial charge is 0.333 e. The second-order valence-corrected chi connectivity index (χ2v) is 10.9. The molecule has 0 amide bonds. The SMILES string of the molecule is C=[S+](C)(C)C1CCCO1.NS(=O)(=O)OC1CCCCC1. The minimum absolute atomic E-state index is 0.168. The molecular weight excluding hydrogens is 298 g/mol. The van der Waals surface area contributed by atoms with Crippen molar-refractivity contribution in [3.8, 4) is 0 Å². The normalized spacial score (nSPS) is 25.1. The van der Waals surface area contributed by atoms with E-state index in [0.29, 0.717) is 5.44 Å². The van der Waals surface area contributed by atoms with Crippen LogP contribution >= 0.6 is 0 Å². The first-order valence-electron chi connectivity index (χ1n) is 7.06. The molecule has 0 bridgehead atoms. The molecule has 0 radical (unpaired) electrons. The molecule has 0 aromatic rings. The lowest BCUT2D eigenvalue weighted by Gasteiger charge is -2.19. The number of ether oxygens (including phenoxy) is 1. The zero-order valence-corrected chi connectivity index (χ0v) is 14.2. The highest BCUT2D eigenvalue weighted by atomic mass is 32.2. The van der Waals surface area contributed by atoms with Crippen molar-refractivity contribution in [2.75, 3.05) is 19.1 Å². The average molecular weight is 327 g/mol. The molecule has 1 aliphatic heterocycles. The lowest BCUT2D eigenvalue weighted by Crippen LogP contribution is -2.25. The second kappa shape index (κ2) is 7.89. The van der Waals surface area contributed by atoms with Gasteiger partial charge in [-0.25, -0.2) is 5.14 Å². The van der Waals surface area contributed by atoms with Gasteiger partial charge in [-0.2, -0.15) is 8.42 Å². The van der Waals surface area contributed by atoms with Crippen LogP contribution in [-0.4, -0.2) is 44.9 Å². The van der Waals surface area contributed by atoms with E-state index in [1.54, 1.807) is 0 Å². The van der Waals surface area contributed by atoms with Gasteiger partial charge in [-0.05, 0) is 19.3 Å². The van der Waals surface area contributed by atoms with E-state index in [1.165, 1.54) is 19.3 Å². The predicted molar refractivity (Wildman–Crippen MR) is 86.4 cm³/mol. The van der Waals surface area contributed by atoms with Gasteiger partial charge in [0.2, 0.25) is 0 Å². The molecule has 0 aromatic heterocycles. The molecule has 1 heterocycles. The molecule has 120 valence electrons. The number of nitrogens with two attached hydrogens (primary N) is 1. The molecule has 7 heteroatoms. The third kappa shape index (κ3) is 7.73. The van der Waals surface area contributed by atoms with Crippen LogP contribution < -0.4 is 5.14 Å². The summed E-state index contributed by atoms with van der Waals surface area (Å²) >= 11 is 0. The fourth-order valence-corrected chi connectivity index (χ4v) is 4.24. The topological polar surface area (TPSA) is 78.6 Å². The van der Waals surface area contributed by atoms with Gasteiger partial charge in [-0.1, -0.05) is 19.3 Å². The summed E-state index contributed by atoms with van der Waals surface area (Å²) in [5.74, 6) is 4.11. The van der Waals surface area contributed by atoms with Crippen molar-refractivity contribution in [1.29, 1.82) is 0 Å². The second-order valence-electron chi connectivity index (χ2n) is 5.92. The van der Waals surface area contributed by atoms with Gasteiger partial charge in [-0.15, -0.1) is 9.62 Å². The Morgan fingerprint density at radius 1 is 1.15 bits per heavy atom. The highest BCUT2D eigenvalue weighted by Gasteiger charge is 2.26. The largest absolute Gasteiger partial charge is 0.337 e. The summed E-state index contributed by atoms with van der Waals surface area (Å²) in [5.41, 5.74) is 0.484. The van der Waals surface area contributed by atoms with Crippen molar-refractivity contribution in [3.05, 3.63) is 0 Å². The standard InChI is InChI=1S/C7H15OS.C6H13NO3S/c1-9(2,3)7-5-4-6-8-7;7-11(8,9)10-6-4-2-1-3-5-6/h7H,1,4-6H2,2-3H3;6H,1-5H2,(H2,7,8,9)/q+1;. The van der Waals surface area contributed by atoms with Crippen LogP contribution in [0, 0.1) is 0 Å². The van der Waals surface area contributed by atoms with Gasteiger partial charge in [0.15, 0.2) is 5.44 Å². The van der Waals surface area contributed by atoms with Crippen molar-refractivity contribution >= 4 is 25.8 Å². The lowest BCUT2D eigenvalue weighted by atomic mass is 9.98. The molecule has 5 nitrogen and oxygen atoms in total. The monoisotopic (exact) mass is 326 g/mol. The van der Waals surface area contributed by atoms with Crippen LogP contribution in [0.25, 0.3) is 0 Å². The fraction of sp³-hybridized carbons (Fsp3) is 0.923. The van der Waals surface area contributed by atoms with Crippen molar-refractivity contribution in [2.45, 2.75) is 56.5 Å². The van der Waals surface area contributed by atoms with Gasteiger partial charge >= 0.3 is 10.3 Å². The van der Waals surface area contributed by atoms with Gasteiger partial charge in [0.25, 0.3) is 0 Å². The maximum Gasteiger partial charge on any atom is 0.333 e. The zero-order chi connectivity index (χ0) is 15.2. The third-order valence-corrected chi connectivity index (χ3v) is 5.76. The minimum atomic E-state index is -3.72. The molecule has 2 N–H and O–H groups in total. The quantitative estimate of drug-likeness (QED) is 0.630. The van der Waals surface area contributed by atoms with E-state index in [-0.39, 0.29) is 6.10 Å². The van der Waals surface area contributed by atoms with E-state index >= 15 is 0 Å². The van der Waals surface area contributed by atoms with Crippen LogP contribution in [0.3, 0.4) is 0 Å². The number of hydrogen-bond acceptors (Lipinski definition) is 4. The summed E-state index contributed by atoms with van der Waals surface area (Å²) < 4.78 is 31.0. The molecule has 2 aliphatic rings. The number of hydrogen-bond donors (Lipinski definition) is 1. The van der Waals surface area contributed by atoms with Gasteiger partial charge in [0.1, 0.15) is 0 Å². The van der Waals surface area contributed by atoms with Crippen LogP contribution in [0.5, 0.6) is 0 Å². The van der Waals surface area contributed by atoms with Crippen LogP contribution in [0.2, 0.25) is 0 Å². The van der Waals surface area contributed by atoms with Crippen molar-refractivity contribution in [2.24, 2.45) is 5.14 Å².